The fraction of sp³-hybridized carbons (Fsp3) is 0.533. The summed E-state index contributed by atoms with van der Waals surface area (Å²) in [7, 11) is 0. The van der Waals surface area contributed by atoms with E-state index in [-0.39, 0.29) is 36.4 Å². The van der Waals surface area contributed by atoms with E-state index in [1.54, 1.807) is 6.07 Å². The highest BCUT2D eigenvalue weighted by Crippen LogP contribution is 2.26. The van der Waals surface area contributed by atoms with Crippen LogP contribution in [0.25, 0.3) is 0 Å². The normalized spacial score (nSPS) is 12.8. The number of rotatable bonds is 7. The fourth-order valence-corrected chi connectivity index (χ4v) is 1.98. The monoisotopic (exact) mass is 334 g/mol. The van der Waals surface area contributed by atoms with Gasteiger partial charge in [-0.1, -0.05) is 32.0 Å². The van der Waals surface area contributed by atoms with Crippen LogP contribution in [0.15, 0.2) is 24.3 Å². The third-order valence-electron chi connectivity index (χ3n) is 3.20. The van der Waals surface area contributed by atoms with Gasteiger partial charge in [-0.3, -0.25) is 0 Å². The standard InChI is InChI=1S/C15H21F3N2O3/c1-10(2)12(7-8-21)20-14(22)19-9-11-5-3-4-6-13(11)23-15(16,17)18/h3-6,10,12,21H,7-9H2,1-2H3,(H2,19,20,22). The second-order valence-electron chi connectivity index (χ2n) is 5.35. The smallest absolute Gasteiger partial charge is 0.405 e. The third-order valence-corrected chi connectivity index (χ3v) is 3.20. The predicted octanol–water partition coefficient (Wildman–Crippen LogP) is 2.79. The number of urea groups is 1. The van der Waals surface area contributed by atoms with Gasteiger partial charge in [-0.2, -0.15) is 0 Å². The minimum atomic E-state index is -4.79. The minimum Gasteiger partial charge on any atom is -0.405 e. The quantitative estimate of drug-likeness (QED) is 0.718. The van der Waals surface area contributed by atoms with Crippen LogP contribution in [0.5, 0.6) is 5.75 Å². The molecule has 0 spiro atoms. The Balaban J connectivity index is 2.62. The average Bonchev–Trinajstić information content (AvgIpc) is 2.44. The van der Waals surface area contributed by atoms with E-state index in [0.717, 1.165) is 0 Å². The number of hydrogen-bond donors (Lipinski definition) is 3. The number of carbonyl (C=O) groups is 1. The maximum atomic E-state index is 12.3. The Labute approximate surface area is 132 Å². The fourth-order valence-electron chi connectivity index (χ4n) is 1.98. The highest BCUT2D eigenvalue weighted by atomic mass is 19.4. The summed E-state index contributed by atoms with van der Waals surface area (Å²) in [6.07, 6.45) is -4.39. The van der Waals surface area contributed by atoms with Crippen molar-refractivity contribution in [3.05, 3.63) is 29.8 Å². The highest BCUT2D eigenvalue weighted by molar-refractivity contribution is 5.74. The van der Waals surface area contributed by atoms with Gasteiger partial charge in [0, 0.05) is 24.8 Å². The lowest BCUT2D eigenvalue weighted by Crippen LogP contribution is -2.44. The van der Waals surface area contributed by atoms with Crippen LogP contribution in [0.1, 0.15) is 25.8 Å². The number of hydrogen-bond acceptors (Lipinski definition) is 3. The van der Waals surface area contributed by atoms with Crippen molar-refractivity contribution in [2.24, 2.45) is 5.92 Å². The second-order valence-corrected chi connectivity index (χ2v) is 5.35. The Morgan fingerprint density at radius 2 is 1.96 bits per heavy atom. The molecule has 0 heterocycles. The first-order valence-corrected chi connectivity index (χ1v) is 7.21. The lowest BCUT2D eigenvalue weighted by atomic mass is 10.0. The van der Waals surface area contributed by atoms with Crippen molar-refractivity contribution in [1.82, 2.24) is 10.6 Å². The Hall–Kier alpha value is -1.96. The van der Waals surface area contributed by atoms with Crippen molar-refractivity contribution in [2.75, 3.05) is 6.61 Å². The molecule has 130 valence electrons. The van der Waals surface area contributed by atoms with Gasteiger partial charge < -0.3 is 20.5 Å². The lowest BCUT2D eigenvalue weighted by molar-refractivity contribution is -0.274. The van der Waals surface area contributed by atoms with Crippen molar-refractivity contribution in [2.45, 2.75) is 39.2 Å². The van der Waals surface area contributed by atoms with Gasteiger partial charge in [0.2, 0.25) is 0 Å². The van der Waals surface area contributed by atoms with Crippen molar-refractivity contribution >= 4 is 6.03 Å². The molecule has 0 bridgehead atoms. The van der Waals surface area contributed by atoms with E-state index in [4.69, 9.17) is 5.11 Å². The molecule has 0 radical (unpaired) electrons. The molecule has 23 heavy (non-hydrogen) atoms. The van der Waals surface area contributed by atoms with Crippen molar-refractivity contribution in [3.63, 3.8) is 0 Å². The van der Waals surface area contributed by atoms with Crippen LogP contribution in [-0.2, 0) is 6.54 Å². The predicted molar refractivity (Wildman–Crippen MR) is 78.8 cm³/mol. The van der Waals surface area contributed by atoms with E-state index in [1.807, 2.05) is 13.8 Å². The Kier molecular flexibility index (Phi) is 7.15. The Bertz CT molecular complexity index is 507. The molecule has 1 aromatic rings. The van der Waals surface area contributed by atoms with Gasteiger partial charge in [-0.25, -0.2) is 4.79 Å². The van der Waals surface area contributed by atoms with E-state index in [0.29, 0.717) is 6.42 Å². The average molecular weight is 334 g/mol. The number of amides is 2. The molecule has 1 atom stereocenters. The molecule has 1 aromatic carbocycles. The number of aliphatic hydroxyl groups excluding tert-OH is 1. The zero-order valence-corrected chi connectivity index (χ0v) is 13.0. The van der Waals surface area contributed by atoms with Gasteiger partial charge in [-0.05, 0) is 18.4 Å². The zero-order valence-electron chi connectivity index (χ0n) is 13.0. The van der Waals surface area contributed by atoms with E-state index in [2.05, 4.69) is 15.4 Å². The zero-order chi connectivity index (χ0) is 17.5. The lowest BCUT2D eigenvalue weighted by Gasteiger charge is -2.22. The van der Waals surface area contributed by atoms with Crippen LogP contribution in [-0.4, -0.2) is 30.1 Å². The van der Waals surface area contributed by atoms with Crippen LogP contribution < -0.4 is 15.4 Å². The Morgan fingerprint density at radius 1 is 1.30 bits per heavy atom. The van der Waals surface area contributed by atoms with E-state index < -0.39 is 12.4 Å². The van der Waals surface area contributed by atoms with Crippen LogP contribution >= 0.6 is 0 Å². The molecular formula is C15H21F3N2O3. The summed E-state index contributed by atoms with van der Waals surface area (Å²) < 4.78 is 40.9. The van der Waals surface area contributed by atoms with Crippen LogP contribution in [0.3, 0.4) is 0 Å². The van der Waals surface area contributed by atoms with Gasteiger partial charge in [0.25, 0.3) is 0 Å². The summed E-state index contributed by atoms with van der Waals surface area (Å²) in [5, 5.41) is 14.1. The molecule has 5 nitrogen and oxygen atoms in total. The highest BCUT2D eigenvalue weighted by Gasteiger charge is 2.32. The molecule has 0 fully saturated rings. The van der Waals surface area contributed by atoms with E-state index in [9.17, 15) is 18.0 Å². The summed E-state index contributed by atoms with van der Waals surface area (Å²) in [5.74, 6) is -0.232. The summed E-state index contributed by atoms with van der Waals surface area (Å²) in [5.41, 5.74) is 0.211. The molecule has 3 N–H and O–H groups in total. The van der Waals surface area contributed by atoms with E-state index in [1.165, 1.54) is 18.2 Å². The minimum absolute atomic E-state index is 0.0641. The molecule has 8 heteroatoms. The number of alkyl halides is 3. The van der Waals surface area contributed by atoms with E-state index >= 15 is 0 Å². The summed E-state index contributed by atoms with van der Waals surface area (Å²) in [6.45, 7) is 3.62. The molecule has 1 unspecified atom stereocenters. The van der Waals surface area contributed by atoms with Gasteiger partial charge in [0.15, 0.2) is 0 Å². The SMILES string of the molecule is CC(C)C(CCO)NC(=O)NCc1ccccc1OC(F)(F)F. The third kappa shape index (κ3) is 7.23. The van der Waals surface area contributed by atoms with Crippen molar-refractivity contribution < 1.29 is 27.8 Å². The summed E-state index contributed by atoms with van der Waals surface area (Å²) >= 11 is 0. The number of carbonyl (C=O) groups excluding carboxylic acids is 1. The molecule has 2 amide bonds. The molecule has 0 saturated carbocycles. The maximum absolute atomic E-state index is 12.3. The van der Waals surface area contributed by atoms with Crippen LogP contribution in [0.2, 0.25) is 0 Å². The molecule has 0 aliphatic rings. The molecule has 0 aliphatic heterocycles. The van der Waals surface area contributed by atoms with Gasteiger partial charge in [-0.15, -0.1) is 13.2 Å². The number of benzene rings is 1. The summed E-state index contributed by atoms with van der Waals surface area (Å²) in [6, 6.07) is 4.86. The largest absolute Gasteiger partial charge is 0.573 e. The van der Waals surface area contributed by atoms with Crippen LogP contribution in [0.4, 0.5) is 18.0 Å². The first kappa shape index (κ1) is 19.1. The molecule has 0 saturated heterocycles. The number of halogens is 3. The number of nitrogens with one attached hydrogen (secondary N) is 2. The molecule has 0 aliphatic carbocycles. The molecule has 1 rings (SSSR count). The van der Waals surface area contributed by atoms with Crippen molar-refractivity contribution in [3.8, 4) is 5.75 Å². The first-order valence-electron chi connectivity index (χ1n) is 7.21. The molecule has 0 aromatic heterocycles. The van der Waals surface area contributed by atoms with Gasteiger partial charge in [0.1, 0.15) is 5.75 Å². The van der Waals surface area contributed by atoms with Gasteiger partial charge in [0.05, 0.1) is 0 Å². The van der Waals surface area contributed by atoms with Gasteiger partial charge >= 0.3 is 12.4 Å². The van der Waals surface area contributed by atoms with Crippen molar-refractivity contribution in [1.29, 1.82) is 0 Å². The number of ether oxygens (including phenoxy) is 1. The first-order chi connectivity index (χ1) is 10.7. The Morgan fingerprint density at radius 3 is 2.52 bits per heavy atom. The number of aliphatic hydroxyl groups is 1. The topological polar surface area (TPSA) is 70.6 Å². The van der Waals surface area contributed by atoms with Crippen LogP contribution in [0, 0.1) is 5.92 Å². The molecular weight excluding hydrogens is 313 g/mol. The second kappa shape index (κ2) is 8.61. The number of para-hydroxylation sites is 1. The summed E-state index contributed by atoms with van der Waals surface area (Å²) in [4.78, 5) is 11.8. The maximum Gasteiger partial charge on any atom is 0.573 e.